The molecule has 4 rings (SSSR count). The van der Waals surface area contributed by atoms with Crippen LogP contribution in [0.15, 0.2) is 42.5 Å². The van der Waals surface area contributed by atoms with E-state index in [0.29, 0.717) is 16.8 Å². The van der Waals surface area contributed by atoms with Gasteiger partial charge in [-0.3, -0.25) is 4.79 Å². The predicted octanol–water partition coefficient (Wildman–Crippen LogP) is 0.340. The zero-order valence-electron chi connectivity index (χ0n) is 23.0. The number of ether oxygens (including phenoxy) is 1. The molecule has 0 spiro atoms. The van der Waals surface area contributed by atoms with Gasteiger partial charge in [0.25, 0.3) is 0 Å². The van der Waals surface area contributed by atoms with Crippen LogP contribution in [0.1, 0.15) is 47.1 Å². The lowest BCUT2D eigenvalue weighted by molar-refractivity contribution is -0.183. The number of Topliss-reactive ketones (excluding diaryl/α,β-unsaturated/α-hetero) is 1. The molecule has 1 aliphatic carbocycles. The molecule has 1 heterocycles. The number of phenolic OH excluding ortho intramolecular Hbond substituents is 1. The van der Waals surface area contributed by atoms with Gasteiger partial charge in [-0.05, 0) is 51.5 Å². The van der Waals surface area contributed by atoms with E-state index in [0.717, 1.165) is 0 Å². The van der Waals surface area contributed by atoms with Gasteiger partial charge in [0, 0.05) is 11.3 Å². The van der Waals surface area contributed by atoms with E-state index >= 15 is 0 Å². The van der Waals surface area contributed by atoms with Crippen LogP contribution in [-0.2, 0) is 4.74 Å². The van der Waals surface area contributed by atoms with E-state index < -0.39 is 53.5 Å². The van der Waals surface area contributed by atoms with Crippen molar-refractivity contribution in [3.63, 3.8) is 0 Å². The van der Waals surface area contributed by atoms with Crippen LogP contribution in [0, 0.1) is 18.3 Å². The SMILES string of the molecule is CC(=O)c1cccc(NC2[C@@H]3NC(=O)N[C@]3(C(C)O)[C@@](C)(O)[C@@]2(O)CO)c1.Cc1cccc(O)c1C(=O)OCC#N. The monoisotopic (exact) mass is 570 g/mol. The predicted molar refractivity (Wildman–Crippen MR) is 145 cm³/mol. The first-order valence-electron chi connectivity index (χ1n) is 12.7. The molecule has 13 heteroatoms. The number of fused-ring (bicyclic) bond motifs is 1. The number of benzene rings is 2. The van der Waals surface area contributed by atoms with Crippen LogP contribution < -0.4 is 16.0 Å². The van der Waals surface area contributed by atoms with Gasteiger partial charge in [0.15, 0.2) is 12.4 Å². The van der Waals surface area contributed by atoms with E-state index in [-0.39, 0.29) is 23.7 Å². The second-order valence-electron chi connectivity index (χ2n) is 10.2. The Balaban J connectivity index is 0.000000278. The number of nitriles is 1. The zero-order valence-corrected chi connectivity index (χ0v) is 23.0. The number of urea groups is 1. The Kier molecular flexibility index (Phi) is 8.95. The summed E-state index contributed by atoms with van der Waals surface area (Å²) in [5, 5.41) is 68.5. The molecule has 1 saturated heterocycles. The number of carbonyl (C=O) groups excluding carboxylic acids is 3. The van der Waals surface area contributed by atoms with E-state index in [9.17, 15) is 39.9 Å². The van der Waals surface area contributed by atoms with Crippen molar-refractivity contribution in [1.82, 2.24) is 10.6 Å². The summed E-state index contributed by atoms with van der Waals surface area (Å²) in [6.07, 6.45) is -1.25. The summed E-state index contributed by atoms with van der Waals surface area (Å²) < 4.78 is 4.58. The second-order valence-corrected chi connectivity index (χ2v) is 10.2. The van der Waals surface area contributed by atoms with Crippen LogP contribution in [0.4, 0.5) is 10.5 Å². The van der Waals surface area contributed by atoms with Crippen LogP contribution in [0.25, 0.3) is 0 Å². The number of phenols is 1. The lowest BCUT2D eigenvalue weighted by Gasteiger charge is -2.46. The zero-order chi connectivity index (χ0) is 30.8. The van der Waals surface area contributed by atoms with Crippen molar-refractivity contribution in [1.29, 1.82) is 5.26 Å². The number of hydrogen-bond acceptors (Lipinski definition) is 11. The molecule has 2 amide bonds. The van der Waals surface area contributed by atoms with Gasteiger partial charge in [0.1, 0.15) is 34.1 Å². The molecule has 2 aromatic rings. The number of esters is 1. The topological polar surface area (TPSA) is 221 Å². The molecule has 220 valence electrons. The lowest BCUT2D eigenvalue weighted by atomic mass is 9.74. The number of nitrogens with zero attached hydrogens (tertiary/aromatic N) is 1. The maximum Gasteiger partial charge on any atom is 0.343 e. The number of nitrogens with one attached hydrogen (secondary N) is 3. The average Bonchev–Trinajstić information content (AvgIpc) is 3.34. The molecule has 0 radical (unpaired) electrons. The lowest BCUT2D eigenvalue weighted by Crippen LogP contribution is -2.72. The van der Waals surface area contributed by atoms with Crippen LogP contribution in [0.5, 0.6) is 5.75 Å². The summed E-state index contributed by atoms with van der Waals surface area (Å²) in [4.78, 5) is 35.0. The first-order chi connectivity index (χ1) is 19.2. The number of aliphatic hydroxyl groups is 4. The highest BCUT2D eigenvalue weighted by atomic mass is 16.5. The minimum atomic E-state index is -2.11. The third kappa shape index (κ3) is 5.30. The molecule has 6 atom stereocenters. The molecule has 2 aromatic carbocycles. The van der Waals surface area contributed by atoms with Gasteiger partial charge in [-0.25, -0.2) is 9.59 Å². The van der Waals surface area contributed by atoms with E-state index in [1.54, 1.807) is 49.4 Å². The van der Waals surface area contributed by atoms with Gasteiger partial charge >= 0.3 is 12.0 Å². The summed E-state index contributed by atoms with van der Waals surface area (Å²) in [6.45, 7) is 4.63. The first kappa shape index (κ1) is 31.3. The van der Waals surface area contributed by atoms with E-state index in [2.05, 4.69) is 20.7 Å². The highest BCUT2D eigenvalue weighted by Crippen LogP contribution is 2.51. The Labute approximate surface area is 236 Å². The minimum absolute atomic E-state index is 0.114. The van der Waals surface area contributed by atoms with E-state index in [1.807, 2.05) is 0 Å². The summed E-state index contributed by atoms with van der Waals surface area (Å²) in [5.41, 5.74) is -4.21. The molecular weight excluding hydrogens is 536 g/mol. The van der Waals surface area contributed by atoms with Crippen LogP contribution >= 0.6 is 0 Å². The Morgan fingerprint density at radius 3 is 2.44 bits per heavy atom. The van der Waals surface area contributed by atoms with Crippen molar-refractivity contribution in [2.45, 2.75) is 62.6 Å². The number of amides is 2. The van der Waals surface area contributed by atoms with Gasteiger partial charge in [-0.1, -0.05) is 24.3 Å². The number of carbonyl (C=O) groups is 3. The van der Waals surface area contributed by atoms with Crippen molar-refractivity contribution in [2.24, 2.45) is 0 Å². The number of ketones is 1. The second kappa shape index (κ2) is 11.7. The van der Waals surface area contributed by atoms with Crippen LogP contribution in [0.3, 0.4) is 0 Å². The van der Waals surface area contributed by atoms with Gasteiger partial charge in [0.05, 0.1) is 24.8 Å². The van der Waals surface area contributed by atoms with Crippen molar-refractivity contribution >= 4 is 23.5 Å². The van der Waals surface area contributed by atoms with Gasteiger partial charge in [-0.2, -0.15) is 5.26 Å². The molecule has 2 unspecified atom stereocenters. The van der Waals surface area contributed by atoms with Crippen molar-refractivity contribution in [3.05, 3.63) is 59.2 Å². The fourth-order valence-electron chi connectivity index (χ4n) is 5.59. The third-order valence-electron chi connectivity index (χ3n) is 7.81. The number of hydrogen-bond donors (Lipinski definition) is 8. The fourth-order valence-corrected chi connectivity index (χ4v) is 5.59. The maximum absolute atomic E-state index is 12.0. The molecule has 2 aliphatic rings. The highest BCUT2D eigenvalue weighted by molar-refractivity contribution is 5.95. The molecule has 13 nitrogen and oxygen atoms in total. The quantitative estimate of drug-likeness (QED) is 0.167. The maximum atomic E-state index is 12.0. The van der Waals surface area contributed by atoms with Crippen molar-refractivity contribution in [2.75, 3.05) is 18.5 Å². The molecule has 1 saturated carbocycles. The molecule has 2 fully saturated rings. The average molecular weight is 571 g/mol. The Morgan fingerprint density at radius 2 is 1.88 bits per heavy atom. The standard InChI is InChI=1S/C18H25N3O6.C10H9NO3/c1-9(23)11-5-4-6-12(7-11)19-13-14-18(10(2)24,21-15(25)20-14)16(3,26)17(13,27)8-22;1-7-3-2-4-8(12)9(7)10(13)14-6-5-11/h4-7,10,13-14,19,22,24,26-27H,8H2,1-3H3,(H2,20,21,25);2-4,12H,6H2,1H3/t10?,13?,14-,16-,17+,18-;/m0./s1. The first-order valence-corrected chi connectivity index (χ1v) is 12.7. The van der Waals surface area contributed by atoms with Crippen molar-refractivity contribution < 1.29 is 44.7 Å². The number of aryl methyl sites for hydroxylation is 1. The van der Waals surface area contributed by atoms with E-state index in [4.69, 9.17) is 5.26 Å². The number of aromatic hydroxyl groups is 1. The summed E-state index contributed by atoms with van der Waals surface area (Å²) in [6, 6.07) is 10.3. The summed E-state index contributed by atoms with van der Waals surface area (Å²) >= 11 is 0. The van der Waals surface area contributed by atoms with Crippen LogP contribution in [-0.4, -0.2) is 91.5 Å². The Morgan fingerprint density at radius 1 is 1.22 bits per heavy atom. The fraction of sp³-hybridized carbons (Fsp3) is 0.429. The van der Waals surface area contributed by atoms with Gasteiger partial charge in [0.2, 0.25) is 0 Å². The normalized spacial score (nSPS) is 28.6. The molecule has 41 heavy (non-hydrogen) atoms. The summed E-state index contributed by atoms with van der Waals surface area (Å²) in [5.74, 6) is -0.959. The molecule has 0 bridgehead atoms. The molecule has 0 aromatic heterocycles. The molecule has 1 aliphatic heterocycles. The van der Waals surface area contributed by atoms with Crippen LogP contribution in [0.2, 0.25) is 0 Å². The number of aliphatic hydroxyl groups excluding tert-OH is 2. The largest absolute Gasteiger partial charge is 0.507 e. The van der Waals surface area contributed by atoms with Crippen molar-refractivity contribution in [3.8, 4) is 11.8 Å². The van der Waals surface area contributed by atoms with Gasteiger partial charge in [-0.15, -0.1) is 0 Å². The molecular formula is C28H34N4O9. The number of anilines is 1. The van der Waals surface area contributed by atoms with Gasteiger partial charge < -0.3 is 46.2 Å². The smallest absolute Gasteiger partial charge is 0.343 e. The highest BCUT2D eigenvalue weighted by Gasteiger charge is 2.78. The Hall–Kier alpha value is -4.22. The number of rotatable bonds is 7. The summed E-state index contributed by atoms with van der Waals surface area (Å²) in [7, 11) is 0. The third-order valence-corrected chi connectivity index (χ3v) is 7.81. The molecule has 8 N–H and O–H groups in total. The van der Waals surface area contributed by atoms with E-state index in [1.165, 1.54) is 26.8 Å². The minimum Gasteiger partial charge on any atom is -0.507 e. The Bertz CT molecular complexity index is 1350.